The molecule has 9 nitrogen and oxygen atoms in total. The number of aryl methyl sites for hydroxylation is 1. The lowest BCUT2D eigenvalue weighted by Crippen LogP contribution is -2.26. The third kappa shape index (κ3) is 6.38. The molecule has 2 heterocycles. The zero-order valence-electron chi connectivity index (χ0n) is 19.1. The van der Waals surface area contributed by atoms with E-state index in [-0.39, 0.29) is 22.6 Å². The van der Waals surface area contributed by atoms with Crippen LogP contribution in [0, 0.1) is 0 Å². The molecule has 0 unspecified atom stereocenters. The molecule has 174 valence electrons. The Morgan fingerprint density at radius 2 is 2.03 bits per heavy atom. The fourth-order valence-corrected chi connectivity index (χ4v) is 4.41. The Morgan fingerprint density at radius 3 is 2.75 bits per heavy atom. The molecule has 0 aliphatic carbocycles. The van der Waals surface area contributed by atoms with Crippen LogP contribution < -0.4 is 5.32 Å². The average Bonchev–Trinajstić information content (AvgIpc) is 3.12. The number of hydrogen-bond donors (Lipinski definition) is 1. The van der Waals surface area contributed by atoms with Crippen molar-refractivity contribution in [1.82, 2.24) is 15.0 Å². The van der Waals surface area contributed by atoms with E-state index < -0.39 is 10.0 Å². The Kier molecular flexibility index (Phi) is 7.33. The number of likely N-dealkylation sites (tertiary alicyclic amines) is 1. The summed E-state index contributed by atoms with van der Waals surface area (Å²) in [4.78, 5) is 18.6. The van der Waals surface area contributed by atoms with Crippen molar-refractivity contribution in [2.75, 3.05) is 18.9 Å². The minimum absolute atomic E-state index is 0.0483. The molecule has 1 aromatic heterocycles. The monoisotopic (exact) mass is 461 g/mol. The molecule has 1 aliphatic heterocycles. The zero-order valence-corrected chi connectivity index (χ0v) is 19.9. The summed E-state index contributed by atoms with van der Waals surface area (Å²) in [7, 11) is -2.01. The van der Waals surface area contributed by atoms with Crippen LogP contribution in [0.5, 0.6) is 0 Å². The molecule has 10 heteroatoms. The summed E-state index contributed by atoms with van der Waals surface area (Å²) in [5.74, 6) is 1.28. The van der Waals surface area contributed by atoms with Crippen LogP contribution in [0.25, 0.3) is 0 Å². The van der Waals surface area contributed by atoms with Crippen molar-refractivity contribution in [3.8, 4) is 0 Å². The van der Waals surface area contributed by atoms with Gasteiger partial charge in [0.15, 0.2) is 5.82 Å². The van der Waals surface area contributed by atoms with Gasteiger partial charge in [0, 0.05) is 44.0 Å². The molecule has 1 fully saturated rings. The number of benzene rings is 1. The summed E-state index contributed by atoms with van der Waals surface area (Å²) >= 11 is 0. The molecule has 1 saturated heterocycles. The lowest BCUT2D eigenvalue weighted by atomic mass is 9.96. The Labute approximate surface area is 189 Å². The van der Waals surface area contributed by atoms with Gasteiger partial charge in [0.25, 0.3) is 10.0 Å². The Hall–Kier alpha value is -2.75. The van der Waals surface area contributed by atoms with Crippen molar-refractivity contribution in [2.45, 2.75) is 69.6 Å². The summed E-state index contributed by atoms with van der Waals surface area (Å²) in [6.45, 7) is 6.73. The van der Waals surface area contributed by atoms with Crippen molar-refractivity contribution >= 4 is 27.5 Å². The standard InChI is InChI=1S/C22H31N5O4S/c1-22(2,3)21-24-20(31-25-21)13-12-19(28)23-16-9-8-10-17(15-16)32(29,30)26-18-11-6-5-7-14-27(18)4/h8-10,15H,5-7,11-14H2,1-4H3,(H,23,28)/b26-18+. The number of sulfonamides is 1. The summed E-state index contributed by atoms with van der Waals surface area (Å²) in [5, 5.41) is 6.68. The number of carbonyl (C=O) groups is 1. The molecule has 32 heavy (non-hydrogen) atoms. The molecule has 0 atom stereocenters. The van der Waals surface area contributed by atoms with E-state index in [2.05, 4.69) is 19.9 Å². The van der Waals surface area contributed by atoms with Crippen LogP contribution in [0.15, 0.2) is 38.1 Å². The average molecular weight is 462 g/mol. The number of amidine groups is 1. The predicted molar refractivity (Wildman–Crippen MR) is 122 cm³/mol. The second-order valence-corrected chi connectivity index (χ2v) is 10.7. The van der Waals surface area contributed by atoms with E-state index in [1.807, 2.05) is 32.7 Å². The normalized spacial score (nSPS) is 16.8. The van der Waals surface area contributed by atoms with E-state index in [4.69, 9.17) is 4.52 Å². The number of nitrogens with one attached hydrogen (secondary N) is 1. The number of anilines is 1. The summed E-state index contributed by atoms with van der Waals surface area (Å²) in [6, 6.07) is 6.15. The predicted octanol–water partition coefficient (Wildman–Crippen LogP) is 3.53. The lowest BCUT2D eigenvalue weighted by Gasteiger charge is -2.17. The summed E-state index contributed by atoms with van der Waals surface area (Å²) in [5.41, 5.74) is 0.164. The Balaban J connectivity index is 1.65. The van der Waals surface area contributed by atoms with Gasteiger partial charge in [-0.2, -0.15) is 13.4 Å². The lowest BCUT2D eigenvalue weighted by molar-refractivity contribution is -0.116. The van der Waals surface area contributed by atoms with Gasteiger partial charge < -0.3 is 14.7 Å². The van der Waals surface area contributed by atoms with E-state index in [9.17, 15) is 13.2 Å². The van der Waals surface area contributed by atoms with Crippen LogP contribution in [-0.4, -0.2) is 48.8 Å². The third-order valence-corrected chi connectivity index (χ3v) is 6.48. The molecule has 0 radical (unpaired) electrons. The molecular weight excluding hydrogens is 430 g/mol. The molecule has 0 spiro atoms. The molecule has 0 saturated carbocycles. The summed E-state index contributed by atoms with van der Waals surface area (Å²) in [6.07, 6.45) is 4.08. The number of amides is 1. The van der Waals surface area contributed by atoms with E-state index in [0.29, 0.717) is 36.1 Å². The van der Waals surface area contributed by atoms with Crippen LogP contribution in [-0.2, 0) is 26.7 Å². The molecule has 2 aromatic rings. The maximum absolute atomic E-state index is 12.8. The second-order valence-electron chi connectivity index (χ2n) is 9.05. The fraction of sp³-hybridized carbons (Fsp3) is 0.545. The molecule has 0 bridgehead atoms. The SMILES string of the molecule is CN1CCCCC/C1=N\S(=O)(=O)c1cccc(NC(=O)CCc2nc(C(C)(C)C)no2)c1. The van der Waals surface area contributed by atoms with Gasteiger partial charge >= 0.3 is 0 Å². The van der Waals surface area contributed by atoms with E-state index in [1.54, 1.807) is 12.1 Å². The van der Waals surface area contributed by atoms with Crippen molar-refractivity contribution in [3.63, 3.8) is 0 Å². The first-order valence-corrected chi connectivity index (χ1v) is 12.3. The van der Waals surface area contributed by atoms with Crippen LogP contribution >= 0.6 is 0 Å². The van der Waals surface area contributed by atoms with E-state index in [1.165, 1.54) is 12.1 Å². The van der Waals surface area contributed by atoms with Gasteiger partial charge in [0.1, 0.15) is 5.84 Å². The molecule has 1 aromatic carbocycles. The van der Waals surface area contributed by atoms with Gasteiger partial charge in [-0.1, -0.05) is 38.4 Å². The first-order valence-electron chi connectivity index (χ1n) is 10.8. The van der Waals surface area contributed by atoms with Crippen molar-refractivity contribution < 1.29 is 17.7 Å². The number of carbonyl (C=O) groups excluding carboxylic acids is 1. The van der Waals surface area contributed by atoms with Gasteiger partial charge in [-0.05, 0) is 31.0 Å². The first kappa shape index (κ1) is 23.9. The number of aromatic nitrogens is 2. The minimum Gasteiger partial charge on any atom is -0.362 e. The second kappa shape index (κ2) is 9.81. The Bertz CT molecular complexity index is 1090. The smallest absolute Gasteiger partial charge is 0.284 e. The highest BCUT2D eigenvalue weighted by molar-refractivity contribution is 7.90. The van der Waals surface area contributed by atoms with Gasteiger partial charge in [-0.15, -0.1) is 4.40 Å². The largest absolute Gasteiger partial charge is 0.362 e. The molecule has 1 aliphatic rings. The van der Waals surface area contributed by atoms with E-state index >= 15 is 0 Å². The van der Waals surface area contributed by atoms with Crippen molar-refractivity contribution in [2.24, 2.45) is 4.40 Å². The van der Waals surface area contributed by atoms with E-state index in [0.717, 1.165) is 25.8 Å². The van der Waals surface area contributed by atoms with Crippen LogP contribution in [0.2, 0.25) is 0 Å². The van der Waals surface area contributed by atoms with Gasteiger partial charge in [0.05, 0.1) is 4.90 Å². The maximum Gasteiger partial charge on any atom is 0.284 e. The molecular formula is C22H31N5O4S. The van der Waals surface area contributed by atoms with Gasteiger partial charge in [0.2, 0.25) is 11.8 Å². The van der Waals surface area contributed by atoms with Crippen molar-refractivity contribution in [3.05, 3.63) is 36.0 Å². The third-order valence-electron chi connectivity index (χ3n) is 5.18. The van der Waals surface area contributed by atoms with Crippen LogP contribution in [0.4, 0.5) is 5.69 Å². The van der Waals surface area contributed by atoms with Crippen LogP contribution in [0.3, 0.4) is 0 Å². The highest BCUT2D eigenvalue weighted by Crippen LogP contribution is 2.21. The fourth-order valence-electron chi connectivity index (χ4n) is 3.27. The van der Waals surface area contributed by atoms with Crippen LogP contribution in [0.1, 0.15) is 64.6 Å². The quantitative estimate of drug-likeness (QED) is 0.699. The van der Waals surface area contributed by atoms with Gasteiger partial charge in [-0.25, -0.2) is 0 Å². The topological polar surface area (TPSA) is 118 Å². The minimum atomic E-state index is -3.87. The van der Waals surface area contributed by atoms with Gasteiger partial charge in [-0.3, -0.25) is 4.79 Å². The molecule has 1 N–H and O–H groups in total. The maximum atomic E-state index is 12.8. The first-order chi connectivity index (χ1) is 15.0. The molecule has 1 amide bonds. The highest BCUT2D eigenvalue weighted by atomic mass is 32.2. The Morgan fingerprint density at radius 1 is 1.25 bits per heavy atom. The number of nitrogens with zero attached hydrogens (tertiary/aromatic N) is 4. The zero-order chi connectivity index (χ0) is 23.4. The molecule has 3 rings (SSSR count). The summed E-state index contributed by atoms with van der Waals surface area (Å²) < 4.78 is 34.9. The number of hydrogen-bond acceptors (Lipinski definition) is 6. The van der Waals surface area contributed by atoms with Crippen molar-refractivity contribution in [1.29, 1.82) is 0 Å². The highest BCUT2D eigenvalue weighted by Gasteiger charge is 2.22. The number of rotatable bonds is 6.